The number of ether oxygens (including phenoxy) is 2. The van der Waals surface area contributed by atoms with Gasteiger partial charge in [0.1, 0.15) is 17.3 Å². The van der Waals surface area contributed by atoms with Crippen LogP contribution in [-0.4, -0.2) is 47.0 Å². The first-order valence-corrected chi connectivity index (χ1v) is 9.85. The number of hydrogen-bond donors (Lipinski definition) is 1. The van der Waals surface area contributed by atoms with Crippen LogP contribution in [0.25, 0.3) is 5.69 Å². The van der Waals surface area contributed by atoms with Crippen molar-refractivity contribution in [2.75, 3.05) is 27.3 Å². The Morgan fingerprint density at radius 3 is 2.66 bits per heavy atom. The largest absolute Gasteiger partial charge is 0.497 e. The van der Waals surface area contributed by atoms with Crippen LogP contribution < -0.4 is 15.2 Å². The van der Waals surface area contributed by atoms with Gasteiger partial charge in [-0.2, -0.15) is 4.68 Å². The quantitative estimate of drug-likeness (QED) is 0.696. The van der Waals surface area contributed by atoms with Gasteiger partial charge in [-0.05, 0) is 61.3 Å². The smallest absolute Gasteiger partial charge is 0.348 e. The van der Waals surface area contributed by atoms with Crippen molar-refractivity contribution in [1.29, 1.82) is 0 Å². The van der Waals surface area contributed by atoms with Gasteiger partial charge in [-0.1, -0.05) is 12.1 Å². The molecule has 7 heteroatoms. The second kappa shape index (κ2) is 8.53. The maximum Gasteiger partial charge on any atom is 0.348 e. The monoisotopic (exact) mass is 394 g/mol. The van der Waals surface area contributed by atoms with E-state index in [1.54, 1.807) is 14.2 Å². The fourth-order valence-corrected chi connectivity index (χ4v) is 3.87. The summed E-state index contributed by atoms with van der Waals surface area (Å²) in [6.07, 6.45) is 2.09. The Morgan fingerprint density at radius 2 is 1.90 bits per heavy atom. The summed E-state index contributed by atoms with van der Waals surface area (Å²) in [7, 11) is 3.31. The summed E-state index contributed by atoms with van der Waals surface area (Å²) < 4.78 is 11.9. The summed E-state index contributed by atoms with van der Waals surface area (Å²) >= 11 is 0. The number of nitrogens with one attached hydrogen (secondary N) is 1. The number of aromatic nitrogens is 3. The Bertz CT molecular complexity index is 1010. The van der Waals surface area contributed by atoms with Crippen molar-refractivity contribution < 1.29 is 9.47 Å². The molecule has 29 heavy (non-hydrogen) atoms. The number of benzene rings is 2. The molecule has 0 bridgehead atoms. The zero-order chi connectivity index (χ0) is 20.2. The molecule has 2 heterocycles. The molecule has 7 nitrogen and oxygen atoms in total. The Kier molecular flexibility index (Phi) is 5.67. The van der Waals surface area contributed by atoms with Crippen molar-refractivity contribution >= 4 is 0 Å². The maximum absolute atomic E-state index is 12.5. The van der Waals surface area contributed by atoms with Crippen molar-refractivity contribution in [2.24, 2.45) is 0 Å². The topological polar surface area (TPSA) is 72.4 Å². The normalized spacial score (nSPS) is 17.2. The highest BCUT2D eigenvalue weighted by molar-refractivity contribution is 5.36. The molecule has 1 unspecified atom stereocenters. The van der Waals surface area contributed by atoms with Crippen molar-refractivity contribution in [2.45, 2.75) is 25.3 Å². The first-order chi connectivity index (χ1) is 14.2. The first kappa shape index (κ1) is 19.3. The molecular formula is C22H26N4O3. The van der Waals surface area contributed by atoms with Gasteiger partial charge in [-0.15, -0.1) is 5.10 Å². The fraction of sp³-hybridized carbons (Fsp3) is 0.364. The van der Waals surface area contributed by atoms with Gasteiger partial charge >= 0.3 is 5.69 Å². The molecule has 0 spiro atoms. The van der Waals surface area contributed by atoms with Crippen molar-refractivity contribution in [3.8, 4) is 17.2 Å². The first-order valence-electron chi connectivity index (χ1n) is 9.85. The van der Waals surface area contributed by atoms with Crippen LogP contribution in [-0.2, 0) is 6.54 Å². The minimum absolute atomic E-state index is 0.210. The Labute approximate surface area is 169 Å². The summed E-state index contributed by atoms with van der Waals surface area (Å²) in [6.45, 7) is 2.76. The maximum atomic E-state index is 12.5. The van der Waals surface area contributed by atoms with E-state index in [2.05, 4.69) is 27.1 Å². The third kappa shape index (κ3) is 4.35. The average Bonchev–Trinajstić information content (AvgIpc) is 3.16. The molecule has 1 fully saturated rings. The minimum atomic E-state index is -0.213. The highest BCUT2D eigenvalue weighted by atomic mass is 16.5. The molecule has 0 radical (unpaired) electrons. The zero-order valence-corrected chi connectivity index (χ0v) is 16.8. The van der Waals surface area contributed by atoms with Crippen LogP contribution >= 0.6 is 0 Å². The SMILES string of the molecule is COc1ccc(-n2nc(C3CCCN(Cc4cccc(OC)c4)C3)[nH]c2=O)cc1. The van der Waals surface area contributed by atoms with Gasteiger partial charge in [0.25, 0.3) is 0 Å². The Balaban J connectivity index is 1.48. The van der Waals surface area contributed by atoms with Gasteiger partial charge in [0, 0.05) is 19.0 Å². The molecule has 0 saturated carbocycles. The molecule has 1 N–H and O–H groups in total. The molecule has 4 rings (SSSR count). The van der Waals surface area contributed by atoms with Crippen LogP contribution in [0.4, 0.5) is 0 Å². The van der Waals surface area contributed by atoms with Gasteiger partial charge in [0.05, 0.1) is 19.9 Å². The highest BCUT2D eigenvalue weighted by Crippen LogP contribution is 2.26. The second-order valence-electron chi connectivity index (χ2n) is 7.35. The lowest BCUT2D eigenvalue weighted by Crippen LogP contribution is -2.34. The van der Waals surface area contributed by atoms with Gasteiger partial charge in [0.2, 0.25) is 0 Å². The van der Waals surface area contributed by atoms with Crippen LogP contribution in [0, 0.1) is 0 Å². The van der Waals surface area contributed by atoms with E-state index in [0.717, 1.165) is 55.5 Å². The van der Waals surface area contributed by atoms with E-state index < -0.39 is 0 Å². The molecule has 1 aliphatic rings. The van der Waals surface area contributed by atoms with Crippen LogP contribution in [0.2, 0.25) is 0 Å². The van der Waals surface area contributed by atoms with Crippen LogP contribution in [0.3, 0.4) is 0 Å². The molecule has 1 saturated heterocycles. The lowest BCUT2D eigenvalue weighted by Gasteiger charge is -2.31. The molecule has 152 valence electrons. The predicted octanol–water partition coefficient (Wildman–Crippen LogP) is 2.96. The van der Waals surface area contributed by atoms with Gasteiger partial charge in [-0.25, -0.2) is 4.79 Å². The van der Waals surface area contributed by atoms with Crippen LogP contribution in [0.1, 0.15) is 30.1 Å². The molecule has 1 atom stereocenters. The fourth-order valence-electron chi connectivity index (χ4n) is 3.87. The van der Waals surface area contributed by atoms with Gasteiger partial charge in [-0.3, -0.25) is 9.88 Å². The molecule has 1 aromatic heterocycles. The number of piperidine rings is 1. The summed E-state index contributed by atoms with van der Waals surface area (Å²) in [5.41, 5.74) is 1.74. The summed E-state index contributed by atoms with van der Waals surface area (Å²) in [6, 6.07) is 15.5. The third-order valence-electron chi connectivity index (χ3n) is 5.38. The van der Waals surface area contributed by atoms with E-state index >= 15 is 0 Å². The number of rotatable bonds is 6. The molecule has 3 aromatic rings. The summed E-state index contributed by atoms with van der Waals surface area (Å²) in [5.74, 6) is 2.58. The Hall–Kier alpha value is -3.06. The van der Waals surface area contributed by atoms with Gasteiger partial charge < -0.3 is 9.47 Å². The Morgan fingerprint density at radius 1 is 1.10 bits per heavy atom. The second-order valence-corrected chi connectivity index (χ2v) is 7.35. The van der Waals surface area contributed by atoms with E-state index in [-0.39, 0.29) is 11.6 Å². The number of aromatic amines is 1. The lowest BCUT2D eigenvalue weighted by molar-refractivity contribution is 0.196. The van der Waals surface area contributed by atoms with E-state index in [4.69, 9.17) is 9.47 Å². The minimum Gasteiger partial charge on any atom is -0.497 e. The standard InChI is InChI=1S/C22H26N4O3/c1-28-19-10-8-18(9-11-19)26-22(27)23-21(24-26)17-6-4-12-25(15-17)14-16-5-3-7-20(13-16)29-2/h3,5,7-11,13,17H,4,6,12,14-15H2,1-2H3,(H,23,24,27). The number of H-pyrrole nitrogens is 1. The van der Waals surface area contributed by atoms with Gasteiger partial charge in [0.15, 0.2) is 0 Å². The third-order valence-corrected chi connectivity index (χ3v) is 5.38. The molecule has 0 aliphatic carbocycles. The predicted molar refractivity (Wildman–Crippen MR) is 111 cm³/mol. The number of hydrogen-bond acceptors (Lipinski definition) is 5. The van der Waals surface area contributed by atoms with E-state index in [1.807, 2.05) is 36.4 Å². The van der Waals surface area contributed by atoms with Crippen LogP contribution in [0.5, 0.6) is 11.5 Å². The summed E-state index contributed by atoms with van der Waals surface area (Å²) in [5, 5.41) is 4.59. The molecule has 1 aliphatic heterocycles. The zero-order valence-electron chi connectivity index (χ0n) is 16.8. The number of likely N-dealkylation sites (tertiary alicyclic amines) is 1. The summed E-state index contributed by atoms with van der Waals surface area (Å²) in [4.78, 5) is 17.8. The number of methoxy groups -OCH3 is 2. The number of nitrogens with zero attached hydrogens (tertiary/aromatic N) is 3. The molecule has 2 aromatic carbocycles. The van der Waals surface area contributed by atoms with E-state index in [9.17, 15) is 4.79 Å². The molecule has 0 amide bonds. The molecular weight excluding hydrogens is 368 g/mol. The van der Waals surface area contributed by atoms with Crippen molar-refractivity contribution in [3.05, 3.63) is 70.4 Å². The van der Waals surface area contributed by atoms with Crippen molar-refractivity contribution in [1.82, 2.24) is 19.7 Å². The highest BCUT2D eigenvalue weighted by Gasteiger charge is 2.25. The van der Waals surface area contributed by atoms with E-state index in [1.165, 1.54) is 10.2 Å². The van der Waals surface area contributed by atoms with Crippen molar-refractivity contribution in [3.63, 3.8) is 0 Å². The lowest BCUT2D eigenvalue weighted by atomic mass is 9.97. The van der Waals surface area contributed by atoms with Crippen LogP contribution in [0.15, 0.2) is 53.3 Å². The van der Waals surface area contributed by atoms with E-state index in [0.29, 0.717) is 0 Å². The average molecular weight is 394 g/mol.